The lowest BCUT2D eigenvalue weighted by atomic mass is 10.2. The maximum atomic E-state index is 13.5. The molecule has 4 nitrogen and oxygen atoms in total. The van der Waals surface area contributed by atoms with E-state index in [-0.39, 0.29) is 16.9 Å². The summed E-state index contributed by atoms with van der Waals surface area (Å²) in [4.78, 5) is 25.2. The minimum absolute atomic E-state index is 0.0790. The van der Waals surface area contributed by atoms with Crippen molar-refractivity contribution in [3.05, 3.63) is 63.8 Å². The van der Waals surface area contributed by atoms with Crippen LogP contribution in [0.1, 0.15) is 16.1 Å². The number of H-pyrrole nitrogens is 1. The van der Waals surface area contributed by atoms with E-state index in [4.69, 9.17) is 0 Å². The molecule has 0 saturated carbocycles. The van der Waals surface area contributed by atoms with Crippen molar-refractivity contribution in [1.29, 1.82) is 0 Å². The summed E-state index contributed by atoms with van der Waals surface area (Å²) in [6.45, 7) is 1.75. The molecule has 2 aromatic rings. The molecule has 1 aromatic carbocycles. The van der Waals surface area contributed by atoms with Crippen LogP contribution in [0.15, 0.2) is 41.2 Å². The monoisotopic (exact) mass is 246 g/mol. The molecule has 0 spiro atoms. The number of aromatic amines is 1. The second-order valence-electron chi connectivity index (χ2n) is 3.87. The van der Waals surface area contributed by atoms with E-state index in [1.807, 2.05) is 0 Å². The first-order chi connectivity index (χ1) is 8.56. The largest absolute Gasteiger partial charge is 0.318 e. The average Bonchev–Trinajstić information content (AvgIpc) is 2.32. The molecule has 2 rings (SSSR count). The number of anilines is 1. The minimum Gasteiger partial charge on any atom is -0.318 e. The Morgan fingerprint density at radius 1 is 1.28 bits per heavy atom. The Balaban J connectivity index is 2.24. The Kier molecular flexibility index (Phi) is 3.23. The second-order valence-corrected chi connectivity index (χ2v) is 3.87. The van der Waals surface area contributed by atoms with Crippen LogP contribution in [0, 0.1) is 12.7 Å². The first-order valence-corrected chi connectivity index (χ1v) is 5.33. The molecule has 0 bridgehead atoms. The lowest BCUT2D eigenvalue weighted by molar-refractivity contribution is 0.102. The molecule has 2 N–H and O–H groups in total. The molecule has 1 heterocycles. The van der Waals surface area contributed by atoms with Crippen LogP contribution in [-0.4, -0.2) is 10.9 Å². The Morgan fingerprint density at radius 3 is 2.72 bits per heavy atom. The van der Waals surface area contributed by atoms with Crippen molar-refractivity contribution in [1.82, 2.24) is 4.98 Å². The molecule has 1 aromatic heterocycles. The van der Waals surface area contributed by atoms with Crippen molar-refractivity contribution in [2.45, 2.75) is 6.92 Å². The molecule has 0 fully saturated rings. The highest BCUT2D eigenvalue weighted by Crippen LogP contribution is 2.15. The van der Waals surface area contributed by atoms with Gasteiger partial charge in [0, 0.05) is 6.07 Å². The van der Waals surface area contributed by atoms with Crippen molar-refractivity contribution < 1.29 is 9.18 Å². The fourth-order valence-electron chi connectivity index (χ4n) is 1.49. The number of hydrogen-bond acceptors (Lipinski definition) is 2. The summed E-state index contributed by atoms with van der Waals surface area (Å²) in [6.07, 6.45) is 0. The fraction of sp³-hybridized carbons (Fsp3) is 0.0769. The number of pyridine rings is 1. The summed E-state index contributed by atoms with van der Waals surface area (Å²) >= 11 is 0. The second kappa shape index (κ2) is 4.83. The van der Waals surface area contributed by atoms with Gasteiger partial charge in [-0.05, 0) is 30.7 Å². The van der Waals surface area contributed by atoms with Crippen LogP contribution < -0.4 is 10.9 Å². The number of rotatable bonds is 2. The van der Waals surface area contributed by atoms with Gasteiger partial charge in [0.05, 0.1) is 5.69 Å². The molecule has 0 radical (unpaired) electrons. The van der Waals surface area contributed by atoms with Crippen LogP contribution in [0.5, 0.6) is 0 Å². The number of aromatic nitrogens is 1. The van der Waals surface area contributed by atoms with Crippen LogP contribution in [0.3, 0.4) is 0 Å². The molecule has 0 atom stereocenters. The van der Waals surface area contributed by atoms with Crippen molar-refractivity contribution in [2.24, 2.45) is 0 Å². The number of benzene rings is 1. The van der Waals surface area contributed by atoms with Gasteiger partial charge in [0.2, 0.25) is 5.56 Å². The Morgan fingerprint density at radius 2 is 2.06 bits per heavy atom. The highest BCUT2D eigenvalue weighted by molar-refractivity contribution is 6.02. The van der Waals surface area contributed by atoms with Crippen LogP contribution in [0.25, 0.3) is 0 Å². The maximum Gasteiger partial charge on any atom is 0.272 e. The van der Waals surface area contributed by atoms with E-state index in [1.54, 1.807) is 13.0 Å². The van der Waals surface area contributed by atoms with Gasteiger partial charge in [-0.15, -0.1) is 0 Å². The number of hydrogen-bond donors (Lipinski definition) is 2. The zero-order valence-electron chi connectivity index (χ0n) is 9.66. The normalized spacial score (nSPS) is 10.1. The number of aryl methyl sites for hydroxylation is 1. The van der Waals surface area contributed by atoms with Gasteiger partial charge in [-0.1, -0.05) is 12.1 Å². The first-order valence-electron chi connectivity index (χ1n) is 5.33. The molecule has 0 aliphatic rings. The first kappa shape index (κ1) is 12.0. The van der Waals surface area contributed by atoms with E-state index in [1.165, 1.54) is 30.3 Å². The molecule has 0 aliphatic heterocycles. The third kappa shape index (κ3) is 2.63. The maximum absolute atomic E-state index is 13.5. The van der Waals surface area contributed by atoms with Gasteiger partial charge in [0.1, 0.15) is 11.5 Å². The van der Waals surface area contributed by atoms with Crippen LogP contribution in [0.2, 0.25) is 0 Å². The zero-order chi connectivity index (χ0) is 13.1. The van der Waals surface area contributed by atoms with Gasteiger partial charge < -0.3 is 10.3 Å². The minimum atomic E-state index is -0.560. The standard InChI is InChI=1S/C13H11FN2O2/c1-8-5-6-10(9(14)7-8)16-13(18)11-3-2-4-12(17)15-11/h2-7H,1H3,(H,15,17)(H,16,18). The highest BCUT2D eigenvalue weighted by atomic mass is 19.1. The van der Waals surface area contributed by atoms with Gasteiger partial charge in [0.25, 0.3) is 5.91 Å². The molecular weight excluding hydrogens is 235 g/mol. The van der Waals surface area contributed by atoms with Crippen molar-refractivity contribution in [2.75, 3.05) is 5.32 Å². The van der Waals surface area contributed by atoms with E-state index in [2.05, 4.69) is 10.3 Å². The number of carbonyl (C=O) groups excluding carboxylic acids is 1. The van der Waals surface area contributed by atoms with Crippen LogP contribution >= 0.6 is 0 Å². The third-order valence-electron chi connectivity index (χ3n) is 2.39. The predicted octanol–water partition coefficient (Wildman–Crippen LogP) is 2.07. The summed E-state index contributed by atoms with van der Waals surface area (Å²) in [5.41, 5.74) is 0.545. The van der Waals surface area contributed by atoms with E-state index >= 15 is 0 Å². The molecule has 0 aliphatic carbocycles. The lowest BCUT2D eigenvalue weighted by Crippen LogP contribution is -2.18. The molecule has 0 unspecified atom stereocenters. The molecule has 92 valence electrons. The van der Waals surface area contributed by atoms with E-state index < -0.39 is 11.7 Å². The Hall–Kier alpha value is -2.43. The van der Waals surface area contributed by atoms with Crippen molar-refractivity contribution >= 4 is 11.6 Å². The number of halogens is 1. The summed E-state index contributed by atoms with van der Waals surface area (Å²) in [5.74, 6) is -1.07. The van der Waals surface area contributed by atoms with Crippen LogP contribution in [0.4, 0.5) is 10.1 Å². The van der Waals surface area contributed by atoms with E-state index in [0.717, 1.165) is 5.56 Å². The molecular formula is C13H11FN2O2. The number of amides is 1. The van der Waals surface area contributed by atoms with Crippen LogP contribution in [-0.2, 0) is 0 Å². The quantitative estimate of drug-likeness (QED) is 0.852. The predicted molar refractivity (Wildman–Crippen MR) is 66.2 cm³/mol. The Labute approximate surface area is 102 Å². The molecule has 1 amide bonds. The summed E-state index contributed by atoms with van der Waals surface area (Å²) < 4.78 is 13.5. The van der Waals surface area contributed by atoms with Gasteiger partial charge in [-0.3, -0.25) is 9.59 Å². The van der Waals surface area contributed by atoms with Crippen molar-refractivity contribution in [3.63, 3.8) is 0 Å². The SMILES string of the molecule is Cc1ccc(NC(=O)c2cccc(=O)[nH]2)c(F)c1. The van der Waals surface area contributed by atoms with Gasteiger partial charge in [-0.2, -0.15) is 0 Å². The van der Waals surface area contributed by atoms with Gasteiger partial charge >= 0.3 is 0 Å². The molecule has 0 saturated heterocycles. The number of nitrogens with one attached hydrogen (secondary N) is 2. The van der Waals surface area contributed by atoms with E-state index in [9.17, 15) is 14.0 Å². The van der Waals surface area contributed by atoms with Crippen molar-refractivity contribution in [3.8, 4) is 0 Å². The van der Waals surface area contributed by atoms with Gasteiger partial charge in [-0.25, -0.2) is 4.39 Å². The smallest absolute Gasteiger partial charge is 0.272 e. The zero-order valence-corrected chi connectivity index (χ0v) is 9.66. The third-order valence-corrected chi connectivity index (χ3v) is 2.39. The summed E-state index contributed by atoms with van der Waals surface area (Å²) in [7, 11) is 0. The Bertz CT molecular complexity index is 649. The highest BCUT2D eigenvalue weighted by Gasteiger charge is 2.09. The summed E-state index contributed by atoms with van der Waals surface area (Å²) in [6, 6.07) is 8.69. The topological polar surface area (TPSA) is 62.0 Å². The summed E-state index contributed by atoms with van der Waals surface area (Å²) in [5, 5.41) is 2.40. The molecule has 5 heteroatoms. The number of carbonyl (C=O) groups is 1. The van der Waals surface area contributed by atoms with Gasteiger partial charge in [0.15, 0.2) is 0 Å². The molecule has 18 heavy (non-hydrogen) atoms. The fourth-order valence-corrected chi connectivity index (χ4v) is 1.49. The lowest BCUT2D eigenvalue weighted by Gasteiger charge is -2.06. The van der Waals surface area contributed by atoms with E-state index in [0.29, 0.717) is 0 Å². The average molecular weight is 246 g/mol.